The number of alkyl halides is 12. The molecule has 0 radical (unpaired) electrons. The zero-order chi connectivity index (χ0) is 41.4. The van der Waals surface area contributed by atoms with Crippen molar-refractivity contribution in [3.8, 4) is 22.3 Å². The van der Waals surface area contributed by atoms with Gasteiger partial charge in [0.2, 0.25) is 0 Å². The molecule has 16 heteroatoms. The Bertz CT molecular complexity index is 2280. The largest absolute Gasteiger partial charge is 1.00 e. The van der Waals surface area contributed by atoms with Crippen LogP contribution in [0.4, 0.5) is 52.7 Å². The standard InChI is InChI=1S/C20H15F6.C19H13F6.C2H6Si.2ClH.Zr/c1-3-12-6-13-4-11(2)5-17(18(13)7-12)14-8-15(19(21,22)23)10-16(9-14)20(24,25)26;1-10-3-12-4-11(2)6-17(16(12)5-10)13-7-14(18(20,21)22)9-15(8-13)19(23,24)25;1-3-2;;;/h4-10H,3H2,1-2H3;3-9H,1-2H3;1-2H3;2*1H;/q2*-1;;;;+2/p-2. The third-order valence-electron chi connectivity index (χ3n) is 8.34. The van der Waals surface area contributed by atoms with Gasteiger partial charge in [-0.15, -0.1) is 56.9 Å². The van der Waals surface area contributed by atoms with E-state index in [1.807, 2.05) is 44.2 Å². The van der Waals surface area contributed by atoms with Gasteiger partial charge >= 0.3 is 66.6 Å². The molecule has 0 aliphatic rings. The van der Waals surface area contributed by atoms with Crippen LogP contribution in [0.2, 0.25) is 13.1 Å². The zero-order valence-corrected chi connectivity index (χ0v) is 36.1. The van der Waals surface area contributed by atoms with Crippen molar-refractivity contribution in [2.45, 2.75) is 71.9 Å². The summed E-state index contributed by atoms with van der Waals surface area (Å²) in [6.45, 7) is 11.9. The van der Waals surface area contributed by atoms with E-state index in [1.54, 1.807) is 55.4 Å². The third kappa shape index (κ3) is 13.0. The molecule has 0 saturated heterocycles. The molecule has 0 N–H and O–H groups in total. The Balaban J connectivity index is 0.000000349. The molecule has 6 rings (SSSR count). The van der Waals surface area contributed by atoms with Crippen LogP contribution in [0.3, 0.4) is 0 Å². The summed E-state index contributed by atoms with van der Waals surface area (Å²) in [5.41, 5.74) is -1.07. The molecule has 0 amide bonds. The molecule has 6 aromatic carbocycles. The van der Waals surface area contributed by atoms with E-state index in [4.69, 9.17) is 0 Å². The second-order valence-corrected chi connectivity index (χ2v) is 22.8. The van der Waals surface area contributed by atoms with Gasteiger partial charge in [-0.2, -0.15) is 64.8 Å². The maximum atomic E-state index is 13.1. The number of rotatable bonds is 3. The molecule has 0 fully saturated rings. The molecule has 57 heavy (non-hydrogen) atoms. The molecular formula is C41H34Cl2F12SiZr-2. The summed E-state index contributed by atoms with van der Waals surface area (Å²) >= 11 is 1.74. The Labute approximate surface area is 349 Å². The van der Waals surface area contributed by atoms with Gasteiger partial charge in [0.15, 0.2) is 0 Å². The van der Waals surface area contributed by atoms with E-state index in [0.717, 1.165) is 63.7 Å². The summed E-state index contributed by atoms with van der Waals surface area (Å²) in [5, 5.41) is 2.89. The quantitative estimate of drug-likeness (QED) is 0.0947. The maximum Gasteiger partial charge on any atom is 0.416 e. The van der Waals surface area contributed by atoms with Crippen LogP contribution in [-0.2, 0) is 54.5 Å². The van der Waals surface area contributed by atoms with E-state index in [2.05, 4.69) is 13.1 Å². The van der Waals surface area contributed by atoms with Crippen molar-refractivity contribution in [3.05, 3.63) is 129 Å². The second kappa shape index (κ2) is 18.9. The average Bonchev–Trinajstić information content (AvgIpc) is 3.64. The topological polar surface area (TPSA) is 0 Å². The van der Waals surface area contributed by atoms with Crippen LogP contribution < -0.4 is 24.8 Å². The predicted octanol–water partition coefficient (Wildman–Crippen LogP) is 8.81. The predicted molar refractivity (Wildman–Crippen MR) is 191 cm³/mol. The van der Waals surface area contributed by atoms with Crippen molar-refractivity contribution < 1.29 is 101 Å². The third-order valence-corrected chi connectivity index (χ3v) is 8.34. The summed E-state index contributed by atoms with van der Waals surface area (Å²) in [7, 11) is 0. The van der Waals surface area contributed by atoms with E-state index in [9.17, 15) is 52.7 Å². The molecule has 0 heterocycles. The smallest absolute Gasteiger partial charge is 0.416 e. The fraction of sp³-hybridized carbons (Fsp3) is 0.268. The van der Waals surface area contributed by atoms with Crippen LogP contribution in [0, 0.1) is 20.8 Å². The van der Waals surface area contributed by atoms with E-state index < -0.39 is 47.0 Å². The van der Waals surface area contributed by atoms with Gasteiger partial charge in [-0.1, -0.05) is 48.2 Å². The molecule has 6 aromatic rings. The maximum absolute atomic E-state index is 13.1. The average molecular weight is 945 g/mol. The zero-order valence-electron chi connectivity index (χ0n) is 31.1. The molecule has 0 spiro atoms. The normalized spacial score (nSPS) is 11.9. The Morgan fingerprint density at radius 3 is 1.12 bits per heavy atom. The van der Waals surface area contributed by atoms with E-state index in [1.165, 1.54) is 0 Å². The number of aryl methyl sites for hydroxylation is 4. The molecule has 0 bridgehead atoms. The van der Waals surface area contributed by atoms with Crippen LogP contribution in [0.1, 0.15) is 51.4 Å². The van der Waals surface area contributed by atoms with Crippen molar-refractivity contribution in [2.24, 2.45) is 0 Å². The van der Waals surface area contributed by atoms with Gasteiger partial charge in [0.05, 0.1) is 22.3 Å². The van der Waals surface area contributed by atoms with Crippen molar-refractivity contribution in [1.29, 1.82) is 0 Å². The Hall–Kier alpha value is -3.06. The summed E-state index contributed by atoms with van der Waals surface area (Å²) in [5.74, 6) is 0. The van der Waals surface area contributed by atoms with E-state index in [-0.39, 0.29) is 53.5 Å². The van der Waals surface area contributed by atoms with Crippen LogP contribution in [-0.4, -0.2) is 5.43 Å². The van der Waals surface area contributed by atoms with Crippen molar-refractivity contribution >= 4 is 27.0 Å². The molecule has 0 unspecified atom stereocenters. The SMILES string of the molecule is CCc1cc2c(-c3cc(C(F)(F)F)cc(C(F)(F)F)c3)cc(C)cc2[cH-]1.C[Si](C)=[Zr+2].Cc1cc(-c2cc(C(F)(F)F)cc(C(F)(F)F)c2)c2cc(C)[cH-]c2c1.[Cl-].[Cl-]. The molecule has 306 valence electrons. The minimum atomic E-state index is -4.86. The van der Waals surface area contributed by atoms with Crippen LogP contribution in [0.15, 0.2) is 84.9 Å². The first kappa shape index (κ1) is 50.1. The first-order valence-electron chi connectivity index (χ1n) is 16.7. The molecule has 0 saturated carbocycles. The fourth-order valence-electron chi connectivity index (χ4n) is 6.06. The van der Waals surface area contributed by atoms with Gasteiger partial charge in [0.1, 0.15) is 0 Å². The summed E-state index contributed by atoms with van der Waals surface area (Å²) in [6.07, 6.45) is -18.7. The molecule has 0 aliphatic heterocycles. The van der Waals surface area contributed by atoms with Crippen molar-refractivity contribution in [2.75, 3.05) is 0 Å². The van der Waals surface area contributed by atoms with Crippen LogP contribution >= 0.6 is 0 Å². The minimum absolute atomic E-state index is 0. The monoisotopic (exact) mass is 942 g/mol. The second-order valence-electron chi connectivity index (χ2n) is 13.5. The first-order chi connectivity index (χ1) is 25.2. The van der Waals surface area contributed by atoms with E-state index in [0.29, 0.717) is 21.9 Å². The number of hydrogen-bond acceptors (Lipinski definition) is 0. The van der Waals surface area contributed by atoms with Gasteiger partial charge in [-0.25, -0.2) is 0 Å². The minimum Gasteiger partial charge on any atom is -1.00 e. The molecule has 0 nitrogen and oxygen atoms in total. The van der Waals surface area contributed by atoms with Gasteiger partial charge in [-0.05, 0) is 67.8 Å². The van der Waals surface area contributed by atoms with Crippen molar-refractivity contribution in [1.82, 2.24) is 0 Å². The molecule has 0 aromatic heterocycles. The number of benzene rings is 4. The van der Waals surface area contributed by atoms with Gasteiger partial charge in [0, 0.05) is 0 Å². The van der Waals surface area contributed by atoms with Crippen LogP contribution in [0.5, 0.6) is 0 Å². The fourth-order valence-corrected chi connectivity index (χ4v) is 6.06. The van der Waals surface area contributed by atoms with Crippen molar-refractivity contribution in [3.63, 3.8) is 0 Å². The Morgan fingerprint density at radius 2 is 0.807 bits per heavy atom. The number of hydrogen-bond donors (Lipinski definition) is 0. The molecule has 0 aliphatic carbocycles. The molecule has 0 atom stereocenters. The summed E-state index contributed by atoms with van der Waals surface area (Å²) < 4.78 is 157. The summed E-state index contributed by atoms with van der Waals surface area (Å²) in [6, 6.07) is 17.7. The Kier molecular flexibility index (Phi) is 16.6. The molecular weight excluding hydrogens is 911 g/mol. The van der Waals surface area contributed by atoms with E-state index >= 15 is 0 Å². The number of halogens is 14. The van der Waals surface area contributed by atoms with Gasteiger partial charge < -0.3 is 24.8 Å². The summed E-state index contributed by atoms with van der Waals surface area (Å²) in [4.78, 5) is 0. The first-order valence-corrected chi connectivity index (χ1v) is 22.8. The van der Waals surface area contributed by atoms with Gasteiger partial charge in [0.25, 0.3) is 0 Å². The van der Waals surface area contributed by atoms with Crippen LogP contribution in [0.25, 0.3) is 43.8 Å². The Morgan fingerprint density at radius 1 is 0.491 bits per heavy atom. The number of fused-ring (bicyclic) bond motifs is 2. The van der Waals surface area contributed by atoms with Gasteiger partial charge in [-0.3, -0.25) is 0 Å².